The molecule has 1 atom stereocenters. The molecular formula is C58H54Cl2F2N10O5. The largest absolute Gasteiger partial charge is 0.507 e. The van der Waals surface area contributed by atoms with Gasteiger partial charge in [-0.15, -0.1) is 0 Å². The van der Waals surface area contributed by atoms with Crippen LogP contribution in [0.3, 0.4) is 0 Å². The Morgan fingerprint density at radius 3 is 1.79 bits per heavy atom. The molecule has 2 saturated heterocycles. The Labute approximate surface area is 452 Å². The van der Waals surface area contributed by atoms with Crippen LogP contribution >= 0.6 is 23.2 Å². The second kappa shape index (κ2) is 22.1. The number of piperazine rings is 2. The molecule has 0 radical (unpaired) electrons. The van der Waals surface area contributed by atoms with Gasteiger partial charge in [-0.25, -0.2) is 37.5 Å². The lowest BCUT2D eigenvalue weighted by molar-refractivity contribution is -0.127. The summed E-state index contributed by atoms with van der Waals surface area (Å²) in [6, 6.07) is 24.9. The number of phenolic OH excluding ortho intramolecular Hbond substituents is 1. The average Bonchev–Trinajstić information content (AvgIpc) is 3.51. The summed E-state index contributed by atoms with van der Waals surface area (Å²) in [4.78, 5) is 77.6. The SMILES string of the molecule is C=CC(=O)N1CCN(c2nc(=O)n(-c3c(C)cccc3C)c3nc(-c4c(O)cccc4F)c(Cl)cc23)CC1.C=CC(=O)N1CCN(c2nc(=O)n(-c3c(C)cccc3CC)c3nc(-c4ccccc4F)c(Cl)cc23)[C@@H](C)C1. The maximum atomic E-state index is 14.9. The lowest BCUT2D eigenvalue weighted by atomic mass is 10.0. The number of nitrogens with zero attached hydrogens (tertiary/aromatic N) is 10. The van der Waals surface area contributed by atoms with E-state index in [9.17, 15) is 33.1 Å². The molecule has 15 nitrogen and oxygen atoms in total. The first kappa shape index (κ1) is 53.5. The molecule has 19 heteroatoms. The molecule has 4 aromatic heterocycles. The number of phenols is 1. The van der Waals surface area contributed by atoms with Crippen molar-refractivity contribution in [2.45, 2.75) is 47.1 Å². The van der Waals surface area contributed by atoms with Crippen molar-refractivity contribution in [1.29, 1.82) is 0 Å². The minimum absolute atomic E-state index is 0.00713. The van der Waals surface area contributed by atoms with Crippen LogP contribution in [0.4, 0.5) is 20.4 Å². The topological polar surface area (TPSA) is 163 Å². The Hall–Kier alpha value is -8.28. The van der Waals surface area contributed by atoms with Gasteiger partial charge in [0.05, 0.1) is 49.1 Å². The molecule has 0 aliphatic carbocycles. The Kier molecular flexibility index (Phi) is 15.4. The van der Waals surface area contributed by atoms with Crippen LogP contribution in [0.15, 0.2) is 126 Å². The predicted molar refractivity (Wildman–Crippen MR) is 299 cm³/mol. The maximum absolute atomic E-state index is 14.9. The maximum Gasteiger partial charge on any atom is 0.355 e. The van der Waals surface area contributed by atoms with Gasteiger partial charge in [-0.1, -0.05) is 97.9 Å². The Morgan fingerprint density at radius 1 is 0.662 bits per heavy atom. The van der Waals surface area contributed by atoms with Gasteiger partial charge in [-0.3, -0.25) is 9.59 Å². The minimum atomic E-state index is -0.697. The van der Waals surface area contributed by atoms with Crippen LogP contribution in [0.2, 0.25) is 10.0 Å². The standard InChI is InChI=1S/C30H29ClFN5O2.C28H25ClFN5O3/c1-5-20-11-9-10-18(3)27(20)37-29-22(16-23(31)26(33-29)21-12-7-8-13-24(21)32)28(34-30(37)39)36-15-14-35(17-19(36)4)25(38)6-2;1-4-22(37)33-11-13-34(14-12-33)26-18-15-19(29)24(23-20(30)9-6-10-21(23)36)31-27(18)35(28(38)32-26)25-16(2)7-5-8-17(25)3/h6-13,16,19H,2,5,14-15,17H2,1,3-4H3;4-10,15,36H,1,11-14H2,2-3H3/t19-;/m0./s1. The van der Waals surface area contributed by atoms with Crippen molar-refractivity contribution in [2.75, 3.05) is 55.6 Å². The van der Waals surface area contributed by atoms with Crippen LogP contribution in [0, 0.1) is 32.4 Å². The van der Waals surface area contributed by atoms with E-state index in [0.717, 1.165) is 22.3 Å². The smallest absolute Gasteiger partial charge is 0.355 e. The zero-order chi connectivity index (χ0) is 55.0. The van der Waals surface area contributed by atoms with Crippen LogP contribution in [-0.2, 0) is 16.0 Å². The van der Waals surface area contributed by atoms with Crippen molar-refractivity contribution in [3.63, 3.8) is 0 Å². The zero-order valence-electron chi connectivity index (χ0n) is 43.0. The number of hydrogen-bond donors (Lipinski definition) is 1. The first-order valence-electron chi connectivity index (χ1n) is 24.9. The van der Waals surface area contributed by atoms with Crippen molar-refractivity contribution >= 4 is 68.7 Å². The monoisotopic (exact) mass is 1080 g/mol. The number of para-hydroxylation sites is 2. The van der Waals surface area contributed by atoms with E-state index < -0.39 is 23.0 Å². The summed E-state index contributed by atoms with van der Waals surface area (Å²) in [6.45, 7) is 19.9. The van der Waals surface area contributed by atoms with Crippen LogP contribution < -0.4 is 21.2 Å². The number of benzene rings is 4. The predicted octanol–water partition coefficient (Wildman–Crippen LogP) is 9.73. The van der Waals surface area contributed by atoms with Gasteiger partial charge in [-0.2, -0.15) is 9.97 Å². The Bertz CT molecular complexity index is 3780. The second-order valence-corrected chi connectivity index (χ2v) is 19.6. The summed E-state index contributed by atoms with van der Waals surface area (Å²) in [5.41, 5.74) is 4.67. The number of anilines is 2. The molecule has 0 bridgehead atoms. The average molecular weight is 1080 g/mol. The molecule has 0 spiro atoms. The molecule has 77 heavy (non-hydrogen) atoms. The van der Waals surface area contributed by atoms with E-state index in [4.69, 9.17) is 28.2 Å². The van der Waals surface area contributed by atoms with Crippen LogP contribution in [0.1, 0.15) is 36.1 Å². The van der Waals surface area contributed by atoms with E-state index in [1.807, 2.05) is 80.8 Å². The highest BCUT2D eigenvalue weighted by Crippen LogP contribution is 2.40. The lowest BCUT2D eigenvalue weighted by Crippen LogP contribution is -2.54. The summed E-state index contributed by atoms with van der Waals surface area (Å²) in [5.74, 6) is -0.972. The number of carbonyl (C=O) groups is 2. The molecule has 2 aliphatic heterocycles. The van der Waals surface area contributed by atoms with Crippen molar-refractivity contribution in [3.8, 4) is 39.6 Å². The van der Waals surface area contributed by atoms with E-state index in [1.54, 1.807) is 40.1 Å². The molecule has 2 amide bonds. The molecule has 394 valence electrons. The number of amides is 2. The number of aromatic nitrogens is 6. The van der Waals surface area contributed by atoms with Gasteiger partial charge in [0, 0.05) is 57.4 Å². The van der Waals surface area contributed by atoms with Crippen molar-refractivity contribution in [2.24, 2.45) is 0 Å². The van der Waals surface area contributed by atoms with Crippen molar-refractivity contribution in [3.05, 3.63) is 181 Å². The third-order valence-electron chi connectivity index (χ3n) is 14.0. The van der Waals surface area contributed by atoms with Gasteiger partial charge in [0.25, 0.3) is 0 Å². The summed E-state index contributed by atoms with van der Waals surface area (Å²) in [6.07, 6.45) is 3.27. The summed E-state index contributed by atoms with van der Waals surface area (Å²) < 4.78 is 32.6. The van der Waals surface area contributed by atoms with Crippen molar-refractivity contribution in [1.82, 2.24) is 38.9 Å². The molecule has 10 rings (SSSR count). The number of pyridine rings is 2. The summed E-state index contributed by atoms with van der Waals surface area (Å²) >= 11 is 13.4. The van der Waals surface area contributed by atoms with Gasteiger partial charge >= 0.3 is 11.4 Å². The fourth-order valence-electron chi connectivity index (χ4n) is 10.2. The molecule has 0 saturated carbocycles. The number of aryl methyl sites for hydroxylation is 4. The highest BCUT2D eigenvalue weighted by atomic mass is 35.5. The first-order valence-corrected chi connectivity index (χ1v) is 25.7. The van der Waals surface area contributed by atoms with Crippen LogP contribution in [0.5, 0.6) is 5.75 Å². The van der Waals surface area contributed by atoms with Gasteiger partial charge in [0.15, 0.2) is 11.3 Å². The normalized spacial score (nSPS) is 14.6. The highest BCUT2D eigenvalue weighted by molar-refractivity contribution is 6.34. The molecule has 6 heterocycles. The summed E-state index contributed by atoms with van der Waals surface area (Å²) in [5, 5.41) is 11.8. The molecule has 1 N–H and O–H groups in total. The molecule has 2 fully saturated rings. The van der Waals surface area contributed by atoms with E-state index in [2.05, 4.69) is 28.1 Å². The summed E-state index contributed by atoms with van der Waals surface area (Å²) in [7, 11) is 0. The zero-order valence-corrected chi connectivity index (χ0v) is 44.5. The van der Waals surface area contributed by atoms with Gasteiger partial charge < -0.3 is 24.7 Å². The van der Waals surface area contributed by atoms with Crippen LogP contribution in [0.25, 0.3) is 56.0 Å². The number of rotatable bonds is 9. The second-order valence-electron chi connectivity index (χ2n) is 18.8. The molecule has 4 aromatic carbocycles. The third-order valence-corrected chi connectivity index (χ3v) is 14.6. The van der Waals surface area contributed by atoms with Crippen LogP contribution in [-0.4, -0.2) is 108 Å². The number of aromatic hydroxyl groups is 1. The van der Waals surface area contributed by atoms with Gasteiger partial charge in [0.1, 0.15) is 29.0 Å². The van der Waals surface area contributed by atoms with E-state index in [1.165, 1.54) is 45.6 Å². The molecular weight excluding hydrogens is 1030 g/mol. The lowest BCUT2D eigenvalue weighted by Gasteiger charge is -2.40. The van der Waals surface area contributed by atoms with E-state index in [-0.39, 0.29) is 61.8 Å². The minimum Gasteiger partial charge on any atom is -0.507 e. The number of hydrogen-bond acceptors (Lipinski definition) is 11. The number of fused-ring (bicyclic) bond motifs is 2. The molecule has 2 aliphatic rings. The fourth-order valence-corrected chi connectivity index (χ4v) is 10.7. The van der Waals surface area contributed by atoms with E-state index >= 15 is 0 Å². The number of halogens is 4. The number of carbonyl (C=O) groups excluding carboxylic acids is 2. The van der Waals surface area contributed by atoms with Gasteiger partial charge in [-0.05, 0) is 105 Å². The van der Waals surface area contributed by atoms with Crippen molar-refractivity contribution < 1.29 is 23.5 Å². The van der Waals surface area contributed by atoms with Gasteiger partial charge in [0.2, 0.25) is 11.8 Å². The van der Waals surface area contributed by atoms with E-state index in [0.29, 0.717) is 91.7 Å². The molecule has 0 unspecified atom stereocenters. The highest BCUT2D eigenvalue weighted by Gasteiger charge is 2.31. The molecule has 8 aromatic rings. The fraction of sp³-hybridized carbons (Fsp3) is 0.241. The first-order chi connectivity index (χ1) is 36.9. The Balaban J connectivity index is 0.000000188. The quantitative estimate of drug-likeness (QED) is 0.137. The Morgan fingerprint density at radius 2 is 1.18 bits per heavy atom. The third kappa shape index (κ3) is 10.2.